The van der Waals surface area contributed by atoms with Crippen LogP contribution < -0.4 is 15.9 Å². The predicted molar refractivity (Wildman–Crippen MR) is 107 cm³/mol. The van der Waals surface area contributed by atoms with Gasteiger partial charge < -0.3 is 9.72 Å². The zero-order valence-corrected chi connectivity index (χ0v) is 16.8. The number of rotatable bonds is 6. The zero-order valence-electron chi connectivity index (χ0n) is 16.0. The van der Waals surface area contributed by atoms with Crippen LogP contribution in [0.15, 0.2) is 58.7 Å². The van der Waals surface area contributed by atoms with Crippen LogP contribution >= 0.6 is 11.6 Å². The van der Waals surface area contributed by atoms with E-state index in [2.05, 4.69) is 21.5 Å². The monoisotopic (exact) mass is 445 g/mol. The summed E-state index contributed by atoms with van der Waals surface area (Å²) in [5.41, 5.74) is -3.01. The van der Waals surface area contributed by atoms with Crippen molar-refractivity contribution in [3.8, 4) is 17.6 Å². The average Bonchev–Trinajstić information content (AvgIpc) is 2.71. The van der Waals surface area contributed by atoms with Crippen LogP contribution in [-0.4, -0.2) is 19.5 Å². The van der Waals surface area contributed by atoms with Crippen LogP contribution in [0, 0.1) is 11.3 Å². The van der Waals surface area contributed by atoms with Gasteiger partial charge in [0.1, 0.15) is 11.4 Å². The lowest BCUT2D eigenvalue weighted by molar-refractivity contribution is 0.0309. The molecule has 0 unspecified atom stereocenters. The minimum atomic E-state index is -3.69. The minimum absolute atomic E-state index is 0.0358. The van der Waals surface area contributed by atoms with E-state index in [0.29, 0.717) is 0 Å². The summed E-state index contributed by atoms with van der Waals surface area (Å²) in [7, 11) is 0. The Morgan fingerprint density at radius 1 is 1.35 bits per heavy atom. The number of ether oxygens (including phenoxy) is 1. The van der Waals surface area contributed by atoms with E-state index in [4.69, 9.17) is 21.6 Å². The van der Waals surface area contributed by atoms with Gasteiger partial charge in [0, 0.05) is 17.4 Å². The van der Waals surface area contributed by atoms with Gasteiger partial charge in [-0.2, -0.15) is 14.0 Å². The van der Waals surface area contributed by atoms with Crippen molar-refractivity contribution in [3.05, 3.63) is 91.8 Å². The van der Waals surface area contributed by atoms with Gasteiger partial charge in [-0.25, -0.2) is 4.98 Å². The Balaban J connectivity index is 2.18. The first kappa shape index (κ1) is 21.9. The molecule has 1 aromatic carbocycles. The molecule has 0 aliphatic rings. The highest BCUT2D eigenvalue weighted by Crippen LogP contribution is 2.38. The standard InChI is InChI=1S/C20H14ClF2N5O3/c1-11(2)20(22,23)17-16(31-14-6-12(8-24)5-13(21)7-14)19(30)28(10-27-17)9-15-18(29)26-4-3-25-15/h3-7,10H,1,9H2,2H3,(H,26,29). The third kappa shape index (κ3) is 4.51. The van der Waals surface area contributed by atoms with Crippen LogP contribution in [0.3, 0.4) is 0 Å². The topological polar surface area (TPSA) is 114 Å². The second kappa shape index (κ2) is 8.49. The van der Waals surface area contributed by atoms with Crippen molar-refractivity contribution in [1.29, 1.82) is 5.26 Å². The van der Waals surface area contributed by atoms with Crippen LogP contribution in [0.4, 0.5) is 8.78 Å². The molecule has 2 aromatic heterocycles. The lowest BCUT2D eigenvalue weighted by atomic mass is 10.1. The number of benzene rings is 1. The summed E-state index contributed by atoms with van der Waals surface area (Å²) in [6.07, 6.45) is 3.49. The summed E-state index contributed by atoms with van der Waals surface area (Å²) in [5, 5.41) is 9.19. The number of nitriles is 1. The Hall–Kier alpha value is -3.84. The van der Waals surface area contributed by atoms with Crippen molar-refractivity contribution in [2.24, 2.45) is 0 Å². The van der Waals surface area contributed by atoms with Crippen LogP contribution in [0.2, 0.25) is 5.02 Å². The summed E-state index contributed by atoms with van der Waals surface area (Å²) in [5.74, 6) is -4.60. The summed E-state index contributed by atoms with van der Waals surface area (Å²) < 4.78 is 35.8. The number of alkyl halides is 2. The fourth-order valence-corrected chi connectivity index (χ4v) is 2.79. The molecule has 0 atom stereocenters. The number of aromatic nitrogens is 4. The Morgan fingerprint density at radius 2 is 2.10 bits per heavy atom. The van der Waals surface area contributed by atoms with E-state index in [0.717, 1.165) is 17.8 Å². The number of H-pyrrole nitrogens is 1. The average molecular weight is 446 g/mol. The van der Waals surface area contributed by atoms with E-state index >= 15 is 0 Å². The quantitative estimate of drug-likeness (QED) is 0.582. The maximum atomic E-state index is 14.7. The molecule has 3 aromatic rings. The highest BCUT2D eigenvalue weighted by Gasteiger charge is 2.39. The molecule has 0 aliphatic carbocycles. The smallest absolute Gasteiger partial charge is 0.314 e. The highest BCUT2D eigenvalue weighted by atomic mass is 35.5. The molecule has 1 N–H and O–H groups in total. The number of hydrogen-bond acceptors (Lipinski definition) is 6. The van der Waals surface area contributed by atoms with E-state index in [1.165, 1.54) is 30.6 Å². The second-order valence-corrected chi connectivity index (χ2v) is 6.90. The molecule has 0 amide bonds. The van der Waals surface area contributed by atoms with Gasteiger partial charge in [0.15, 0.2) is 5.69 Å². The van der Waals surface area contributed by atoms with Crippen LogP contribution in [-0.2, 0) is 12.5 Å². The first-order valence-corrected chi connectivity index (χ1v) is 9.06. The lowest BCUT2D eigenvalue weighted by Crippen LogP contribution is -2.30. The van der Waals surface area contributed by atoms with Crippen molar-refractivity contribution in [1.82, 2.24) is 19.5 Å². The molecule has 0 fully saturated rings. The molecule has 11 heteroatoms. The summed E-state index contributed by atoms with van der Waals surface area (Å²) in [6.45, 7) is 3.99. The predicted octanol–water partition coefficient (Wildman–Crippen LogP) is 3.36. The summed E-state index contributed by atoms with van der Waals surface area (Å²) in [4.78, 5) is 34.9. The van der Waals surface area contributed by atoms with Gasteiger partial charge in [0.25, 0.3) is 11.1 Å². The molecule has 31 heavy (non-hydrogen) atoms. The molecule has 0 bridgehead atoms. The van der Waals surface area contributed by atoms with Gasteiger partial charge in [-0.15, -0.1) is 0 Å². The van der Waals surface area contributed by atoms with Gasteiger partial charge in [-0.3, -0.25) is 19.1 Å². The van der Waals surface area contributed by atoms with Crippen LogP contribution in [0.1, 0.15) is 23.9 Å². The molecule has 0 saturated carbocycles. The zero-order chi connectivity index (χ0) is 22.8. The van der Waals surface area contributed by atoms with Crippen molar-refractivity contribution < 1.29 is 13.5 Å². The number of aromatic amines is 1. The number of allylic oxidation sites excluding steroid dienone is 1. The molecule has 0 aliphatic heterocycles. The highest BCUT2D eigenvalue weighted by molar-refractivity contribution is 6.30. The van der Waals surface area contributed by atoms with Gasteiger partial charge in [0.05, 0.1) is 24.5 Å². The molecule has 8 nitrogen and oxygen atoms in total. The molecule has 2 heterocycles. The SMILES string of the molecule is C=C(C)C(F)(F)c1ncn(Cc2ncc[nH]c2=O)c(=O)c1Oc1cc(Cl)cc(C#N)c1. The fourth-order valence-electron chi connectivity index (χ4n) is 2.56. The van der Waals surface area contributed by atoms with Gasteiger partial charge >= 0.3 is 5.92 Å². The molecule has 0 spiro atoms. The maximum Gasteiger partial charge on any atom is 0.314 e. The fraction of sp³-hybridized carbons (Fsp3) is 0.150. The molecular formula is C20H14ClF2N5O3. The third-order valence-electron chi connectivity index (χ3n) is 4.15. The number of halogens is 3. The van der Waals surface area contributed by atoms with Crippen LogP contribution in [0.25, 0.3) is 0 Å². The second-order valence-electron chi connectivity index (χ2n) is 6.46. The van der Waals surface area contributed by atoms with Crippen molar-refractivity contribution in [3.63, 3.8) is 0 Å². The normalized spacial score (nSPS) is 11.1. The number of hydrogen-bond donors (Lipinski definition) is 1. The molecular weight excluding hydrogens is 432 g/mol. The minimum Gasteiger partial charge on any atom is -0.449 e. The molecule has 0 saturated heterocycles. The Morgan fingerprint density at radius 3 is 2.74 bits per heavy atom. The first-order chi connectivity index (χ1) is 14.6. The first-order valence-electron chi connectivity index (χ1n) is 8.68. The Kier molecular flexibility index (Phi) is 5.99. The van der Waals surface area contributed by atoms with E-state index in [1.54, 1.807) is 0 Å². The van der Waals surface area contributed by atoms with Gasteiger partial charge in [0.2, 0.25) is 5.75 Å². The number of nitrogens with one attached hydrogen (secondary N) is 1. The van der Waals surface area contributed by atoms with Crippen molar-refractivity contribution in [2.75, 3.05) is 0 Å². The van der Waals surface area contributed by atoms with Gasteiger partial charge in [-0.1, -0.05) is 18.2 Å². The maximum absolute atomic E-state index is 14.7. The van der Waals surface area contributed by atoms with E-state index in [-0.39, 0.29) is 28.6 Å². The molecule has 158 valence electrons. The Bertz CT molecular complexity index is 1330. The van der Waals surface area contributed by atoms with Crippen LogP contribution in [0.5, 0.6) is 11.5 Å². The number of nitrogens with zero attached hydrogens (tertiary/aromatic N) is 4. The largest absolute Gasteiger partial charge is 0.449 e. The lowest BCUT2D eigenvalue weighted by Gasteiger charge is -2.19. The third-order valence-corrected chi connectivity index (χ3v) is 4.37. The Labute approximate surface area is 179 Å². The van der Waals surface area contributed by atoms with Gasteiger partial charge in [-0.05, 0) is 30.7 Å². The van der Waals surface area contributed by atoms with E-state index in [9.17, 15) is 18.4 Å². The molecule has 0 radical (unpaired) electrons. The van der Waals surface area contributed by atoms with Crippen molar-refractivity contribution in [2.45, 2.75) is 19.4 Å². The van der Waals surface area contributed by atoms with E-state index in [1.807, 2.05) is 6.07 Å². The summed E-state index contributed by atoms with van der Waals surface area (Å²) in [6, 6.07) is 5.68. The van der Waals surface area contributed by atoms with Crippen molar-refractivity contribution >= 4 is 11.6 Å². The van der Waals surface area contributed by atoms with E-state index < -0.39 is 34.1 Å². The molecule has 3 rings (SSSR count). The summed E-state index contributed by atoms with van der Waals surface area (Å²) >= 11 is 5.93.